The summed E-state index contributed by atoms with van der Waals surface area (Å²) in [5.74, 6) is -0.442. The van der Waals surface area contributed by atoms with Gasteiger partial charge in [-0.15, -0.1) is 0 Å². The number of benzene rings is 1. The summed E-state index contributed by atoms with van der Waals surface area (Å²) in [7, 11) is 1.52. The quantitative estimate of drug-likeness (QED) is 0.775. The molecule has 0 bridgehead atoms. The fraction of sp³-hybridized carbons (Fsp3) is 0.385. The predicted molar refractivity (Wildman–Crippen MR) is 64.3 cm³/mol. The zero-order chi connectivity index (χ0) is 13.1. The fourth-order valence-electron chi connectivity index (χ4n) is 1.98. The minimum Gasteiger partial charge on any atom is -0.497 e. The van der Waals surface area contributed by atoms with E-state index in [1.54, 1.807) is 24.3 Å². The zero-order valence-electron chi connectivity index (χ0n) is 10.1. The van der Waals surface area contributed by atoms with E-state index in [0.717, 1.165) is 12.8 Å². The fourth-order valence-corrected chi connectivity index (χ4v) is 1.98. The van der Waals surface area contributed by atoms with Gasteiger partial charge in [-0.1, -0.05) is 12.1 Å². The molecule has 1 saturated carbocycles. The molecular weight excluding hydrogens is 234 g/mol. The molecule has 1 aromatic carbocycles. The van der Waals surface area contributed by atoms with E-state index in [4.69, 9.17) is 4.74 Å². The highest BCUT2D eigenvalue weighted by molar-refractivity contribution is 5.78. The number of hydrogen-bond donors (Lipinski definition) is 1. The molecule has 1 aromatic rings. The Balaban J connectivity index is 2.33. The van der Waals surface area contributed by atoms with Crippen molar-refractivity contribution in [2.24, 2.45) is 0 Å². The lowest BCUT2D eigenvalue weighted by Gasteiger charge is -2.25. The van der Waals surface area contributed by atoms with Crippen LogP contribution in [0.2, 0.25) is 0 Å². The molecule has 1 fully saturated rings. The Morgan fingerprint density at radius 1 is 1.56 bits per heavy atom. The molecule has 0 aliphatic heterocycles. The first kappa shape index (κ1) is 12.4. The predicted octanol–water partition coefficient (Wildman–Crippen LogP) is 1.44. The van der Waals surface area contributed by atoms with Crippen LogP contribution >= 0.6 is 0 Å². The Morgan fingerprint density at radius 3 is 2.78 bits per heavy atom. The molecule has 1 N–H and O–H groups in total. The van der Waals surface area contributed by atoms with Gasteiger partial charge in [0.15, 0.2) is 6.04 Å². The average Bonchev–Trinajstić information content (AvgIpc) is 3.19. The van der Waals surface area contributed by atoms with Crippen molar-refractivity contribution in [2.75, 3.05) is 7.11 Å². The van der Waals surface area contributed by atoms with Crippen LogP contribution in [0.15, 0.2) is 24.3 Å². The first-order chi connectivity index (χ1) is 8.67. The molecule has 5 nitrogen and oxygen atoms in total. The Kier molecular flexibility index (Phi) is 3.50. The van der Waals surface area contributed by atoms with Crippen molar-refractivity contribution in [3.05, 3.63) is 29.8 Å². The molecule has 1 amide bonds. The number of methoxy groups -OCH3 is 1. The van der Waals surface area contributed by atoms with Crippen LogP contribution in [0.1, 0.15) is 24.4 Å². The minimum absolute atomic E-state index is 0.0507. The number of nitrogens with zero attached hydrogens (tertiary/aromatic N) is 1. The number of aliphatic carboxylic acids is 1. The van der Waals surface area contributed by atoms with E-state index < -0.39 is 12.0 Å². The monoisotopic (exact) mass is 249 g/mol. The van der Waals surface area contributed by atoms with Gasteiger partial charge in [-0.05, 0) is 30.5 Å². The summed E-state index contributed by atoms with van der Waals surface area (Å²) in [4.78, 5) is 23.9. The molecule has 0 spiro atoms. The standard InChI is InChI=1S/C13H15NO4/c1-18-11-4-2-3-9(7-11)12(13(16)17)14(8-15)10-5-6-10/h2-4,7-8,10,12H,5-6H2,1H3,(H,16,17). The molecule has 0 aromatic heterocycles. The maximum atomic E-state index is 11.4. The summed E-state index contributed by atoms with van der Waals surface area (Å²) in [5, 5.41) is 9.33. The molecule has 1 unspecified atom stereocenters. The summed E-state index contributed by atoms with van der Waals surface area (Å²) < 4.78 is 5.07. The molecule has 0 radical (unpaired) electrons. The first-order valence-corrected chi connectivity index (χ1v) is 5.77. The molecule has 5 heteroatoms. The lowest BCUT2D eigenvalue weighted by molar-refractivity contribution is -0.147. The third-order valence-electron chi connectivity index (χ3n) is 3.03. The maximum absolute atomic E-state index is 11.4. The van der Waals surface area contributed by atoms with E-state index in [1.165, 1.54) is 12.0 Å². The molecule has 1 aliphatic carbocycles. The minimum atomic E-state index is -1.03. The smallest absolute Gasteiger partial charge is 0.331 e. The van der Waals surface area contributed by atoms with E-state index in [0.29, 0.717) is 17.7 Å². The van der Waals surface area contributed by atoms with Crippen LogP contribution in [0.3, 0.4) is 0 Å². The molecule has 18 heavy (non-hydrogen) atoms. The third kappa shape index (κ3) is 2.45. The zero-order valence-corrected chi connectivity index (χ0v) is 10.1. The lowest BCUT2D eigenvalue weighted by atomic mass is 10.1. The van der Waals surface area contributed by atoms with Crippen LogP contribution < -0.4 is 4.74 Å². The number of rotatable bonds is 6. The summed E-state index contributed by atoms with van der Waals surface area (Å²) in [5.41, 5.74) is 0.556. The highest BCUT2D eigenvalue weighted by Crippen LogP contribution is 2.34. The molecule has 96 valence electrons. The van der Waals surface area contributed by atoms with E-state index >= 15 is 0 Å². The topological polar surface area (TPSA) is 66.8 Å². The van der Waals surface area contributed by atoms with Gasteiger partial charge in [0.1, 0.15) is 5.75 Å². The van der Waals surface area contributed by atoms with Crippen molar-refractivity contribution < 1.29 is 19.4 Å². The van der Waals surface area contributed by atoms with Crippen LogP contribution in [0.25, 0.3) is 0 Å². The SMILES string of the molecule is COc1cccc(C(C(=O)O)N(C=O)C2CC2)c1. The van der Waals surface area contributed by atoms with Crippen molar-refractivity contribution in [3.63, 3.8) is 0 Å². The second-order valence-corrected chi connectivity index (χ2v) is 4.30. The summed E-state index contributed by atoms with van der Waals surface area (Å²) >= 11 is 0. The summed E-state index contributed by atoms with van der Waals surface area (Å²) in [6.45, 7) is 0. The number of amides is 1. The highest BCUT2D eigenvalue weighted by Gasteiger charge is 2.37. The second kappa shape index (κ2) is 5.08. The highest BCUT2D eigenvalue weighted by atomic mass is 16.5. The first-order valence-electron chi connectivity index (χ1n) is 5.77. The number of carbonyl (C=O) groups is 2. The molecule has 0 saturated heterocycles. The van der Waals surface area contributed by atoms with Crippen molar-refractivity contribution >= 4 is 12.4 Å². The molecule has 1 aliphatic rings. The van der Waals surface area contributed by atoms with Crippen LogP contribution in [0.5, 0.6) is 5.75 Å². The summed E-state index contributed by atoms with van der Waals surface area (Å²) in [6.07, 6.45) is 2.36. The second-order valence-electron chi connectivity index (χ2n) is 4.30. The van der Waals surface area contributed by atoms with Gasteiger partial charge in [0.25, 0.3) is 0 Å². The number of ether oxygens (including phenoxy) is 1. The van der Waals surface area contributed by atoms with Crippen molar-refractivity contribution in [3.8, 4) is 5.75 Å². The van der Waals surface area contributed by atoms with Crippen LogP contribution in [0, 0.1) is 0 Å². The Morgan fingerprint density at radius 2 is 2.28 bits per heavy atom. The van der Waals surface area contributed by atoms with Gasteiger partial charge in [0, 0.05) is 6.04 Å². The average molecular weight is 249 g/mol. The number of carboxylic acids is 1. The van der Waals surface area contributed by atoms with E-state index in [1.807, 2.05) is 0 Å². The van der Waals surface area contributed by atoms with Crippen LogP contribution in [0.4, 0.5) is 0 Å². The number of carboxylic acid groups (broad SMARTS) is 1. The van der Waals surface area contributed by atoms with Gasteiger partial charge in [0.05, 0.1) is 7.11 Å². The Bertz CT molecular complexity index is 456. The molecule has 2 rings (SSSR count). The van der Waals surface area contributed by atoms with Crippen molar-refractivity contribution in [1.29, 1.82) is 0 Å². The van der Waals surface area contributed by atoms with Crippen LogP contribution in [-0.2, 0) is 9.59 Å². The van der Waals surface area contributed by atoms with E-state index in [-0.39, 0.29) is 6.04 Å². The van der Waals surface area contributed by atoms with Gasteiger partial charge in [-0.2, -0.15) is 0 Å². The molecule has 0 heterocycles. The van der Waals surface area contributed by atoms with Gasteiger partial charge in [0.2, 0.25) is 6.41 Å². The lowest BCUT2D eigenvalue weighted by Crippen LogP contribution is -2.34. The van der Waals surface area contributed by atoms with Gasteiger partial charge >= 0.3 is 5.97 Å². The van der Waals surface area contributed by atoms with Gasteiger partial charge in [-0.25, -0.2) is 4.79 Å². The van der Waals surface area contributed by atoms with E-state index in [9.17, 15) is 14.7 Å². The molecule has 1 atom stereocenters. The van der Waals surface area contributed by atoms with Crippen molar-refractivity contribution in [2.45, 2.75) is 24.9 Å². The molecular formula is C13H15NO4. The number of carbonyl (C=O) groups excluding carboxylic acids is 1. The van der Waals surface area contributed by atoms with Crippen LogP contribution in [-0.4, -0.2) is 35.5 Å². The van der Waals surface area contributed by atoms with Crippen molar-refractivity contribution in [1.82, 2.24) is 4.90 Å². The normalized spacial score (nSPS) is 15.8. The van der Waals surface area contributed by atoms with E-state index in [2.05, 4.69) is 0 Å². The largest absolute Gasteiger partial charge is 0.497 e. The number of hydrogen-bond acceptors (Lipinski definition) is 3. The van der Waals surface area contributed by atoms with Gasteiger partial charge < -0.3 is 14.7 Å². The summed E-state index contributed by atoms with van der Waals surface area (Å²) in [6, 6.07) is 5.92. The third-order valence-corrected chi connectivity index (χ3v) is 3.03. The maximum Gasteiger partial charge on any atom is 0.331 e. The Hall–Kier alpha value is -2.04. The van der Waals surface area contributed by atoms with Gasteiger partial charge in [-0.3, -0.25) is 4.79 Å². The Labute approximate surface area is 105 Å².